The molecule has 0 saturated carbocycles. The number of H-pyrrole nitrogens is 1. The van der Waals surface area contributed by atoms with Crippen molar-refractivity contribution in [3.05, 3.63) is 47.2 Å². The highest BCUT2D eigenvalue weighted by Crippen LogP contribution is 2.49. The van der Waals surface area contributed by atoms with Gasteiger partial charge in [-0.25, -0.2) is 17.9 Å². The Balaban J connectivity index is 1.62. The van der Waals surface area contributed by atoms with Gasteiger partial charge in [-0.3, -0.25) is 14.5 Å². The van der Waals surface area contributed by atoms with E-state index in [1.165, 1.54) is 7.11 Å². The Labute approximate surface area is 231 Å². The van der Waals surface area contributed by atoms with Crippen molar-refractivity contribution in [1.82, 2.24) is 35.6 Å². The lowest BCUT2D eigenvalue weighted by atomic mass is 9.96. The van der Waals surface area contributed by atoms with Gasteiger partial charge in [0.25, 0.3) is 17.5 Å². The number of hydrogen-bond acceptors (Lipinski definition) is 12. The van der Waals surface area contributed by atoms with Crippen LogP contribution >= 0.6 is 23.5 Å². The number of hydrogen-bond donors (Lipinski definition) is 5. The summed E-state index contributed by atoms with van der Waals surface area (Å²) in [5, 5.41) is 35.3. The average molecular weight is 600 g/mol. The zero-order valence-corrected chi connectivity index (χ0v) is 23.0. The van der Waals surface area contributed by atoms with Crippen molar-refractivity contribution >= 4 is 51.3 Å². The molecule has 4 atom stereocenters. The van der Waals surface area contributed by atoms with Crippen LogP contribution in [0.4, 0.5) is 0 Å². The molecule has 2 aliphatic rings. The molecule has 1 aromatic heterocycles. The second-order valence-corrected chi connectivity index (χ2v) is 12.6. The molecule has 39 heavy (non-hydrogen) atoms. The lowest BCUT2D eigenvalue weighted by Gasteiger charge is -2.56. The number of thioether (sulfide) groups is 2. The molecule has 18 heteroatoms. The molecule has 1 fully saturated rings. The van der Waals surface area contributed by atoms with Gasteiger partial charge < -0.3 is 20.3 Å². The molecule has 15 nitrogen and oxygen atoms in total. The first-order valence-electron chi connectivity index (χ1n) is 11.3. The molecule has 1 saturated heterocycles. The summed E-state index contributed by atoms with van der Waals surface area (Å²) in [4.78, 5) is 39.8. The predicted molar refractivity (Wildman–Crippen MR) is 138 cm³/mol. The van der Waals surface area contributed by atoms with Crippen molar-refractivity contribution in [3.63, 3.8) is 0 Å². The molecule has 3 heterocycles. The van der Waals surface area contributed by atoms with E-state index in [4.69, 9.17) is 4.74 Å². The lowest BCUT2D eigenvalue weighted by Crippen LogP contribution is -2.81. The number of carboxylic acid groups (broad SMARTS) is 1. The van der Waals surface area contributed by atoms with E-state index in [-0.39, 0.29) is 29.6 Å². The minimum Gasteiger partial charge on any atom is -0.477 e. The first-order valence-corrected chi connectivity index (χ1v) is 15.2. The summed E-state index contributed by atoms with van der Waals surface area (Å²) < 4.78 is 31.0. The predicted octanol–water partition coefficient (Wildman–Crippen LogP) is -0.954. The molecule has 0 spiro atoms. The van der Waals surface area contributed by atoms with E-state index in [0.717, 1.165) is 34.7 Å². The second-order valence-electron chi connectivity index (χ2n) is 8.52. The molecule has 4 rings (SSSR count). The highest BCUT2D eigenvalue weighted by atomic mass is 32.2. The monoisotopic (exact) mass is 599 g/mol. The lowest BCUT2D eigenvalue weighted by molar-refractivity contribution is -0.194. The summed E-state index contributed by atoms with van der Waals surface area (Å²) in [5.74, 6) is -3.00. The molecule has 0 radical (unpaired) electrons. The zero-order chi connectivity index (χ0) is 28.4. The molecule has 0 aliphatic carbocycles. The highest BCUT2D eigenvalue weighted by molar-refractivity contribution is 8.01. The van der Waals surface area contributed by atoms with E-state index in [1.54, 1.807) is 30.3 Å². The zero-order valence-electron chi connectivity index (χ0n) is 20.6. The molecule has 2 aromatic rings. The fraction of sp³-hybridized carbons (Fsp3) is 0.429. The summed E-state index contributed by atoms with van der Waals surface area (Å²) in [6.45, 7) is -0.0117. The van der Waals surface area contributed by atoms with Crippen molar-refractivity contribution in [2.45, 2.75) is 34.0 Å². The molecule has 2 unspecified atom stereocenters. The number of aliphatic carboxylic acids is 1. The van der Waals surface area contributed by atoms with Crippen molar-refractivity contribution in [3.8, 4) is 0 Å². The first kappa shape index (κ1) is 29.0. The number of ether oxygens (including phenoxy) is 1. The van der Waals surface area contributed by atoms with Gasteiger partial charge >= 0.3 is 5.97 Å². The van der Waals surface area contributed by atoms with Crippen LogP contribution in [0.2, 0.25) is 0 Å². The number of fused-ring (bicyclic) bond motifs is 1. The smallest absolute Gasteiger partial charge is 0.352 e. The summed E-state index contributed by atoms with van der Waals surface area (Å²) in [7, 11) is -2.30. The van der Waals surface area contributed by atoms with E-state index in [0.29, 0.717) is 11.1 Å². The maximum atomic E-state index is 13.4. The van der Waals surface area contributed by atoms with Crippen molar-refractivity contribution in [2.24, 2.45) is 0 Å². The van der Waals surface area contributed by atoms with Crippen molar-refractivity contribution < 1.29 is 37.8 Å². The number of methoxy groups -OCH3 is 1. The van der Waals surface area contributed by atoms with Crippen LogP contribution in [0.5, 0.6) is 0 Å². The molecule has 0 bridgehead atoms. The number of carboxylic acids is 1. The number of rotatable bonds is 12. The van der Waals surface area contributed by atoms with Gasteiger partial charge in [-0.2, -0.15) is 5.21 Å². The number of tetrazole rings is 1. The number of aromatic nitrogens is 4. The van der Waals surface area contributed by atoms with Gasteiger partial charge in [0.1, 0.15) is 11.1 Å². The van der Waals surface area contributed by atoms with Crippen LogP contribution in [0.15, 0.2) is 46.8 Å². The summed E-state index contributed by atoms with van der Waals surface area (Å²) in [6.07, 6.45) is -0.429. The third-order valence-electron chi connectivity index (χ3n) is 5.99. The Morgan fingerprint density at radius 3 is 2.67 bits per heavy atom. The number of nitrogens with zero attached hydrogens (tertiary/aromatic N) is 4. The fourth-order valence-corrected chi connectivity index (χ4v) is 7.32. The number of nitrogens with one attached hydrogen (secondary N) is 3. The Hall–Kier alpha value is -3.03. The maximum Gasteiger partial charge on any atom is 0.352 e. The number of aromatic amines is 1. The summed E-state index contributed by atoms with van der Waals surface area (Å²) >= 11 is 2.22. The number of aliphatic hydroxyl groups excluding tert-OH is 1. The van der Waals surface area contributed by atoms with Crippen LogP contribution in [-0.4, -0.2) is 104 Å². The minimum atomic E-state index is -3.51. The fourth-order valence-electron chi connectivity index (χ4n) is 4.20. The highest BCUT2D eigenvalue weighted by Gasteiger charge is 2.67. The second kappa shape index (κ2) is 11.6. The summed E-state index contributed by atoms with van der Waals surface area (Å²) in [5.41, 5.74) is -1.58. The molecular weight excluding hydrogens is 574 g/mol. The number of carbonyl (C=O) groups is 3. The van der Waals surface area contributed by atoms with Crippen LogP contribution in [0.3, 0.4) is 0 Å². The van der Waals surface area contributed by atoms with E-state index in [9.17, 15) is 33.0 Å². The number of β-lactam (4-membered cyclic amide) rings is 1. The van der Waals surface area contributed by atoms with E-state index < -0.39 is 50.3 Å². The average Bonchev–Trinajstić information content (AvgIpc) is 3.42. The Morgan fingerprint density at radius 1 is 1.36 bits per heavy atom. The number of carbonyl (C=O) groups excluding carboxylic acids is 2. The Bertz CT molecular complexity index is 1370. The van der Waals surface area contributed by atoms with E-state index >= 15 is 0 Å². The van der Waals surface area contributed by atoms with Gasteiger partial charge in [0.05, 0.1) is 6.26 Å². The van der Waals surface area contributed by atoms with Gasteiger partial charge in [-0.1, -0.05) is 42.1 Å². The molecule has 5 N–H and O–H groups in total. The van der Waals surface area contributed by atoms with E-state index in [2.05, 4.69) is 30.7 Å². The first-order chi connectivity index (χ1) is 18.5. The molecular formula is C21H25N7O8S3. The quantitative estimate of drug-likeness (QED) is 0.113. The van der Waals surface area contributed by atoms with Gasteiger partial charge in [0.15, 0.2) is 6.10 Å². The molecule has 210 valence electrons. The Kier molecular flexibility index (Phi) is 8.62. The standard InChI is InChI=1S/C21H25N7O8S3/c1-36-21(23-16(30)15(29)11-6-4-3-5-7-11)18(33)28-14(17(31)32)12(10-37-19(21)28)13(8-9-22-39(2,34)35)38-20-24-26-27-25-20/h3-7,13,15,19,22,29H,8-10H2,1-2H3,(H,23,30)(H,31,32)(H,24,25,26,27)/t13?,15?,19-,21-/m0/s1. The maximum absolute atomic E-state index is 13.4. The van der Waals surface area contributed by atoms with Crippen LogP contribution in [-0.2, 0) is 29.1 Å². The minimum absolute atomic E-state index is 0.0117. The largest absolute Gasteiger partial charge is 0.477 e. The van der Waals surface area contributed by atoms with Gasteiger partial charge in [-0.05, 0) is 22.8 Å². The SMILES string of the molecule is CO[C@@]1(NC(=O)C(O)c2ccccc2)C(=O)N2C(C(=O)O)=C(C(CCNS(C)(=O)=O)Sc3nn[nH]n3)CS[C@H]21. The Morgan fingerprint density at radius 2 is 2.08 bits per heavy atom. The van der Waals surface area contributed by atoms with Crippen LogP contribution in [0.25, 0.3) is 0 Å². The summed E-state index contributed by atoms with van der Waals surface area (Å²) in [6, 6.07) is 8.10. The molecule has 2 amide bonds. The topological polar surface area (TPSA) is 217 Å². The van der Waals surface area contributed by atoms with Crippen LogP contribution in [0, 0.1) is 0 Å². The normalized spacial score (nSPS) is 22.6. The van der Waals surface area contributed by atoms with Crippen molar-refractivity contribution in [2.75, 3.05) is 25.7 Å². The van der Waals surface area contributed by atoms with Gasteiger partial charge in [-0.15, -0.1) is 22.0 Å². The number of benzene rings is 1. The van der Waals surface area contributed by atoms with Gasteiger partial charge in [0.2, 0.25) is 15.2 Å². The van der Waals surface area contributed by atoms with Crippen molar-refractivity contribution in [1.29, 1.82) is 0 Å². The third-order valence-corrected chi connectivity index (χ3v) is 9.24. The molecule has 1 aromatic carbocycles. The van der Waals surface area contributed by atoms with E-state index in [1.807, 2.05) is 0 Å². The molecule has 2 aliphatic heterocycles. The number of sulfonamides is 1. The van der Waals surface area contributed by atoms with Crippen LogP contribution < -0.4 is 10.0 Å². The van der Waals surface area contributed by atoms with Crippen LogP contribution in [0.1, 0.15) is 18.1 Å². The third kappa shape index (κ3) is 5.94. The number of aliphatic hydroxyl groups is 1. The number of amides is 2. The van der Waals surface area contributed by atoms with Gasteiger partial charge in [0, 0.05) is 24.7 Å².